The van der Waals surface area contributed by atoms with Crippen molar-refractivity contribution in [3.05, 3.63) is 127 Å². The number of thiazole rings is 1. The predicted octanol–water partition coefficient (Wildman–Crippen LogP) is 5.36. The first-order valence-electron chi connectivity index (χ1n) is 26.3. The first-order chi connectivity index (χ1) is 39.6. The molecule has 3 aliphatic heterocycles. The zero-order valence-corrected chi connectivity index (χ0v) is 47.4. The molecule has 0 saturated heterocycles. The molecule has 0 saturated carbocycles. The number of thioether (sulfide) groups is 1. The molecule has 0 fully saturated rings. The Morgan fingerprint density at radius 2 is 1.49 bits per heavy atom. The Morgan fingerprint density at radius 3 is 2.18 bits per heavy atom. The van der Waals surface area contributed by atoms with Crippen LogP contribution >= 0.6 is 23.1 Å². The average molecular weight is 1170 g/mol. The highest BCUT2D eigenvalue weighted by Crippen LogP contribution is 2.57. The molecule has 0 bridgehead atoms. The topological polar surface area (TPSA) is 306 Å². The second kappa shape index (κ2) is 24.4. The second-order valence-corrected chi connectivity index (χ2v) is 22.5. The lowest BCUT2D eigenvalue weighted by molar-refractivity contribution is -0.137. The summed E-state index contributed by atoms with van der Waals surface area (Å²) in [6.07, 6.45) is -0.797. The number of aliphatic carboxylic acids is 1. The van der Waals surface area contributed by atoms with Crippen LogP contribution in [0.1, 0.15) is 80.2 Å². The van der Waals surface area contributed by atoms with E-state index in [1.165, 1.54) is 63.2 Å². The van der Waals surface area contributed by atoms with Crippen LogP contribution in [0.25, 0.3) is 23.4 Å². The summed E-state index contributed by atoms with van der Waals surface area (Å²) in [5.41, 5.74) is 0.497. The first-order valence-corrected chi connectivity index (χ1v) is 28.1. The van der Waals surface area contributed by atoms with Crippen LogP contribution < -0.4 is 30.5 Å². The van der Waals surface area contributed by atoms with Crippen molar-refractivity contribution in [2.45, 2.75) is 50.7 Å². The van der Waals surface area contributed by atoms with E-state index in [0.717, 1.165) is 0 Å². The normalized spacial score (nSPS) is 14.7. The van der Waals surface area contributed by atoms with Crippen LogP contribution in [0.3, 0.4) is 0 Å². The first kappa shape index (κ1) is 58.9. The van der Waals surface area contributed by atoms with E-state index in [1.54, 1.807) is 70.3 Å². The number of carboxylic acids is 1. The number of rotatable bonds is 22. The summed E-state index contributed by atoms with van der Waals surface area (Å²) >= 11 is 2.59. The van der Waals surface area contributed by atoms with E-state index in [1.807, 2.05) is 0 Å². The van der Waals surface area contributed by atoms with Crippen molar-refractivity contribution in [3.63, 3.8) is 0 Å². The largest absolute Gasteiger partial charge is 0.508 e. The molecule has 4 amide bonds. The molecule has 1 unspecified atom stereocenters. The van der Waals surface area contributed by atoms with Crippen LogP contribution in [0.15, 0.2) is 77.8 Å². The van der Waals surface area contributed by atoms with Gasteiger partial charge in [-0.25, -0.2) is 19.4 Å². The summed E-state index contributed by atoms with van der Waals surface area (Å²) in [5.74, 6) is -2.29. The van der Waals surface area contributed by atoms with Crippen LogP contribution in [0.2, 0.25) is 0 Å². The fourth-order valence-corrected chi connectivity index (χ4v) is 12.0. The lowest BCUT2D eigenvalue weighted by atomic mass is 9.77. The van der Waals surface area contributed by atoms with Gasteiger partial charge in [0.15, 0.2) is 11.6 Å². The molecule has 7 N–H and O–H groups in total. The number of carboxylic acid groups (broad SMARTS) is 1. The molecule has 3 aliphatic rings. The number of benzene rings is 5. The average Bonchev–Trinajstić information content (AvgIpc) is 3.48. The van der Waals surface area contributed by atoms with Crippen molar-refractivity contribution in [1.82, 2.24) is 25.4 Å². The SMILES string of the molecule is C=c1c(C)c(O)c(=C)c(C(C)(C)CC(=O)N(C)CCN(CCOCCOCCC(=O)NCCNC(=O)c2ccc3c(c2)C(=O)OC32c3ccc(O)cc3Oc3cc(O)ccc32)C(=O)Oc2ccc3nc(C4=NC(C(=O)O)CS4)sc3c2)c1O. The Labute approximate surface area is 483 Å². The van der Waals surface area contributed by atoms with Crippen LogP contribution in [0.4, 0.5) is 4.79 Å². The van der Waals surface area contributed by atoms with Crippen molar-refractivity contribution in [1.29, 1.82) is 0 Å². The minimum Gasteiger partial charge on any atom is -0.508 e. The third-order valence-corrected chi connectivity index (χ3v) is 16.6. The fourth-order valence-electron chi connectivity index (χ4n) is 9.90. The number of ether oxygens (including phenoxy) is 5. The number of hydrogen-bond acceptors (Lipinski definition) is 19. The highest BCUT2D eigenvalue weighted by molar-refractivity contribution is 8.15. The molecule has 6 aromatic rings. The Kier molecular flexibility index (Phi) is 17.3. The molecular weight excluding hydrogens is 1110 g/mol. The zero-order valence-electron chi connectivity index (χ0n) is 45.7. The quantitative estimate of drug-likeness (QED) is 0.0256. The molecule has 1 atom stereocenters. The van der Waals surface area contributed by atoms with Crippen LogP contribution in [0, 0.1) is 6.92 Å². The van der Waals surface area contributed by atoms with Gasteiger partial charge in [-0.3, -0.25) is 19.4 Å². The van der Waals surface area contributed by atoms with Gasteiger partial charge in [-0.1, -0.05) is 33.1 Å². The number of aromatic hydroxyl groups is 4. The number of aliphatic imine (C=N–C) groups is 1. The molecule has 434 valence electrons. The molecular formula is C59H60N6O16S2. The van der Waals surface area contributed by atoms with Gasteiger partial charge in [-0.05, 0) is 55.5 Å². The number of nitrogens with one attached hydrogen (secondary N) is 2. The molecule has 22 nitrogen and oxygen atoms in total. The molecule has 0 aliphatic carbocycles. The van der Waals surface area contributed by atoms with Crippen molar-refractivity contribution < 1.29 is 78.0 Å². The van der Waals surface area contributed by atoms with Crippen LogP contribution in [0.5, 0.6) is 40.2 Å². The van der Waals surface area contributed by atoms with E-state index in [-0.39, 0.29) is 146 Å². The molecule has 1 aromatic heterocycles. The number of carbonyl (C=O) groups is 6. The third kappa shape index (κ3) is 12.4. The Hall–Kier alpha value is -8.71. The Bertz CT molecular complexity index is 3680. The van der Waals surface area contributed by atoms with Gasteiger partial charge in [0.05, 0.1) is 42.2 Å². The number of hydrogen-bond donors (Lipinski definition) is 7. The summed E-state index contributed by atoms with van der Waals surface area (Å²) < 4.78 is 30.0. The number of carbonyl (C=O) groups excluding carboxylic acids is 5. The standard InChI is InChI=1S/C59H60N6O16S2/c1-31-32(2)51(71)49(33(3)50(31)70)58(4,5)29-48(69)64(6)18-19-65(57(76)79-37-10-14-42-46(28-37)83-54(62-42)53-63-43(30-82-53)55(73)74)20-22-78-24-23-77-21-15-47(68)60-16-17-61-52(72)34-7-11-39-38(25-34)56(75)81-59(39)40-12-8-35(66)26-44(40)80-45-27-36(67)9-13-41(45)59/h7-14,25-28,43,66-67,70-71H,2-3,15-24,29-30H2,1,4-6H3,(H,60,68)(H,61,72)(H,73,74). The number of fused-ring (bicyclic) bond motifs is 7. The van der Waals surface area contributed by atoms with E-state index in [0.29, 0.717) is 53.8 Å². The fraction of sp³-hybridized carbons (Fsp3) is 0.322. The van der Waals surface area contributed by atoms with E-state index in [9.17, 15) is 54.3 Å². The monoisotopic (exact) mass is 1170 g/mol. The summed E-state index contributed by atoms with van der Waals surface area (Å²) in [5, 5.41) is 58.5. The smallest absolute Gasteiger partial charge is 0.415 e. The van der Waals surface area contributed by atoms with Gasteiger partial charge in [0.1, 0.15) is 50.3 Å². The molecule has 0 radical (unpaired) electrons. The lowest BCUT2D eigenvalue weighted by Gasteiger charge is -2.36. The number of amides is 4. The van der Waals surface area contributed by atoms with Gasteiger partial charge in [0.25, 0.3) is 5.91 Å². The Balaban J connectivity index is 0.735. The van der Waals surface area contributed by atoms with Gasteiger partial charge in [0.2, 0.25) is 11.8 Å². The minimum absolute atomic E-state index is 0.0116. The lowest BCUT2D eigenvalue weighted by Crippen LogP contribution is -2.43. The number of aromatic nitrogens is 1. The number of likely N-dealkylation sites (N-methyl/N-ethyl adjacent to an activating group) is 1. The van der Waals surface area contributed by atoms with Crippen LogP contribution in [-0.4, -0.2) is 159 Å². The highest BCUT2D eigenvalue weighted by Gasteiger charge is 2.54. The van der Waals surface area contributed by atoms with Gasteiger partial charge in [-0.15, -0.1) is 23.1 Å². The maximum atomic E-state index is 13.8. The van der Waals surface area contributed by atoms with E-state index < -0.39 is 41.0 Å². The zero-order chi connectivity index (χ0) is 59.5. The van der Waals surface area contributed by atoms with Gasteiger partial charge in [0, 0.05) is 126 Å². The summed E-state index contributed by atoms with van der Waals surface area (Å²) in [7, 11) is 1.59. The molecule has 1 spiro atoms. The van der Waals surface area contributed by atoms with Gasteiger partial charge in [-0.2, -0.15) is 0 Å². The maximum absolute atomic E-state index is 13.8. The van der Waals surface area contributed by atoms with E-state index in [2.05, 4.69) is 33.8 Å². The summed E-state index contributed by atoms with van der Waals surface area (Å²) in [4.78, 5) is 90.1. The van der Waals surface area contributed by atoms with Crippen molar-refractivity contribution in [2.75, 3.05) is 72.0 Å². The third-order valence-electron chi connectivity index (χ3n) is 14.4. The number of phenolic OH excluding ortho intramolecular Hbond substituents is 4. The molecule has 4 heterocycles. The minimum atomic E-state index is -1.48. The maximum Gasteiger partial charge on any atom is 0.415 e. The van der Waals surface area contributed by atoms with Crippen LogP contribution in [-0.2, 0) is 39.6 Å². The second-order valence-electron chi connectivity index (χ2n) is 20.5. The molecule has 24 heteroatoms. The number of nitrogens with zero attached hydrogens (tertiary/aromatic N) is 4. The summed E-state index contributed by atoms with van der Waals surface area (Å²) in [6.45, 7) is 13.6. The molecule has 5 aromatic carbocycles. The van der Waals surface area contributed by atoms with Crippen molar-refractivity contribution in [2.24, 2.45) is 4.99 Å². The van der Waals surface area contributed by atoms with Crippen molar-refractivity contribution in [3.8, 4) is 40.2 Å². The van der Waals surface area contributed by atoms with Gasteiger partial charge >= 0.3 is 18.0 Å². The van der Waals surface area contributed by atoms with E-state index >= 15 is 0 Å². The number of esters is 1. The number of phenols is 4. The molecule has 9 rings (SSSR count). The molecule has 83 heavy (non-hydrogen) atoms. The van der Waals surface area contributed by atoms with Crippen molar-refractivity contribution >= 4 is 87.3 Å². The van der Waals surface area contributed by atoms with Gasteiger partial charge < -0.3 is 69.7 Å². The van der Waals surface area contributed by atoms with E-state index in [4.69, 9.17) is 23.7 Å². The highest BCUT2D eigenvalue weighted by atomic mass is 32.2. The Morgan fingerprint density at radius 1 is 0.819 bits per heavy atom. The predicted molar refractivity (Wildman–Crippen MR) is 307 cm³/mol. The summed E-state index contributed by atoms with van der Waals surface area (Å²) in [6, 6.07) is 17.5.